The third-order valence-corrected chi connectivity index (χ3v) is 4.61. The van der Waals surface area contributed by atoms with Crippen LogP contribution in [0.1, 0.15) is 12.8 Å². The molecule has 0 aromatic carbocycles. The van der Waals surface area contributed by atoms with Gasteiger partial charge in [0.1, 0.15) is 0 Å². The Kier molecular flexibility index (Phi) is 5.13. The van der Waals surface area contributed by atoms with E-state index in [0.29, 0.717) is 11.8 Å². The Hall–Kier alpha value is -0.260. The molecule has 1 atom stereocenters. The van der Waals surface area contributed by atoms with E-state index in [2.05, 4.69) is 5.32 Å². The summed E-state index contributed by atoms with van der Waals surface area (Å²) in [5.41, 5.74) is 0. The van der Waals surface area contributed by atoms with E-state index in [1.807, 2.05) is 16.7 Å². The first kappa shape index (κ1) is 13.2. The number of likely N-dealkylation sites (tertiary alicyclic amines) is 1. The van der Waals surface area contributed by atoms with Crippen LogP contribution in [0.25, 0.3) is 0 Å². The van der Waals surface area contributed by atoms with Crippen LogP contribution in [-0.4, -0.2) is 61.7 Å². The van der Waals surface area contributed by atoms with Gasteiger partial charge in [-0.05, 0) is 18.8 Å². The first-order valence-electron chi connectivity index (χ1n) is 6.40. The fourth-order valence-corrected chi connectivity index (χ4v) is 3.43. The summed E-state index contributed by atoms with van der Waals surface area (Å²) >= 11 is 1.87. The van der Waals surface area contributed by atoms with Crippen molar-refractivity contribution in [3.63, 3.8) is 0 Å². The number of nitrogens with zero attached hydrogens (tertiary/aromatic N) is 1. The molecule has 1 N–H and O–H groups in total. The second-order valence-electron chi connectivity index (χ2n) is 4.81. The zero-order valence-corrected chi connectivity index (χ0v) is 11.3. The molecule has 2 aliphatic rings. The third kappa shape index (κ3) is 3.60. The van der Waals surface area contributed by atoms with E-state index in [1.165, 1.54) is 0 Å². The van der Waals surface area contributed by atoms with Gasteiger partial charge in [0.05, 0.1) is 6.04 Å². The molecule has 2 heterocycles. The van der Waals surface area contributed by atoms with Gasteiger partial charge in [0.25, 0.3) is 0 Å². The molecule has 0 radical (unpaired) electrons. The average molecular weight is 258 g/mol. The van der Waals surface area contributed by atoms with Gasteiger partial charge >= 0.3 is 0 Å². The number of carbonyl (C=O) groups excluding carboxylic acids is 1. The Morgan fingerprint density at radius 2 is 2.24 bits per heavy atom. The maximum absolute atomic E-state index is 12.2. The lowest BCUT2D eigenvalue weighted by molar-refractivity contribution is -0.134. The number of ether oxygens (including phenoxy) is 1. The molecule has 1 amide bonds. The number of hydrogen-bond donors (Lipinski definition) is 1. The largest absolute Gasteiger partial charge is 0.384 e. The third-order valence-electron chi connectivity index (χ3n) is 3.55. The molecule has 4 nitrogen and oxygen atoms in total. The Balaban J connectivity index is 1.77. The molecule has 5 heteroatoms. The molecule has 2 rings (SSSR count). The summed E-state index contributed by atoms with van der Waals surface area (Å²) < 4.78 is 5.17. The van der Waals surface area contributed by atoms with Crippen LogP contribution in [0.15, 0.2) is 0 Å². The van der Waals surface area contributed by atoms with Gasteiger partial charge in [-0.15, -0.1) is 0 Å². The monoisotopic (exact) mass is 258 g/mol. The number of piperidine rings is 1. The minimum absolute atomic E-state index is 0.0488. The van der Waals surface area contributed by atoms with Gasteiger partial charge in [-0.2, -0.15) is 11.8 Å². The van der Waals surface area contributed by atoms with E-state index in [1.54, 1.807) is 7.11 Å². The molecule has 0 aliphatic carbocycles. The highest BCUT2D eigenvalue weighted by Crippen LogP contribution is 2.19. The number of amides is 1. The summed E-state index contributed by atoms with van der Waals surface area (Å²) in [5, 5.41) is 3.32. The number of rotatable bonds is 3. The van der Waals surface area contributed by atoms with Crippen molar-refractivity contribution in [2.24, 2.45) is 5.92 Å². The SMILES string of the molecule is COCC1CCN(C(=O)C2CSCCN2)CC1. The van der Waals surface area contributed by atoms with Crippen LogP contribution in [-0.2, 0) is 9.53 Å². The number of hydrogen-bond acceptors (Lipinski definition) is 4. The summed E-state index contributed by atoms with van der Waals surface area (Å²) in [4.78, 5) is 14.3. The van der Waals surface area contributed by atoms with Crippen LogP contribution >= 0.6 is 11.8 Å². The van der Waals surface area contributed by atoms with Crippen molar-refractivity contribution in [1.82, 2.24) is 10.2 Å². The van der Waals surface area contributed by atoms with Gasteiger partial charge in [0.15, 0.2) is 0 Å². The smallest absolute Gasteiger partial charge is 0.240 e. The van der Waals surface area contributed by atoms with Gasteiger partial charge in [-0.3, -0.25) is 4.79 Å². The first-order chi connectivity index (χ1) is 8.31. The predicted molar refractivity (Wildman–Crippen MR) is 70.3 cm³/mol. The Bertz CT molecular complexity index is 249. The lowest BCUT2D eigenvalue weighted by Crippen LogP contribution is -2.52. The van der Waals surface area contributed by atoms with Crippen molar-refractivity contribution in [3.05, 3.63) is 0 Å². The highest BCUT2D eigenvalue weighted by Gasteiger charge is 2.28. The number of carbonyl (C=O) groups is 1. The van der Waals surface area contributed by atoms with Crippen molar-refractivity contribution >= 4 is 17.7 Å². The van der Waals surface area contributed by atoms with Crippen LogP contribution in [0.5, 0.6) is 0 Å². The van der Waals surface area contributed by atoms with Gasteiger partial charge in [0.2, 0.25) is 5.91 Å². The zero-order chi connectivity index (χ0) is 12.1. The van der Waals surface area contributed by atoms with E-state index in [-0.39, 0.29) is 6.04 Å². The van der Waals surface area contributed by atoms with Crippen LogP contribution < -0.4 is 5.32 Å². The van der Waals surface area contributed by atoms with Gasteiger partial charge < -0.3 is 15.0 Å². The summed E-state index contributed by atoms with van der Waals surface area (Å²) in [6.07, 6.45) is 2.17. The Morgan fingerprint density at radius 1 is 1.47 bits per heavy atom. The topological polar surface area (TPSA) is 41.6 Å². The molecule has 17 heavy (non-hydrogen) atoms. The molecule has 1 unspecified atom stereocenters. The van der Waals surface area contributed by atoms with Crippen molar-refractivity contribution in [2.45, 2.75) is 18.9 Å². The first-order valence-corrected chi connectivity index (χ1v) is 7.55. The standard InChI is InChI=1S/C12H22N2O2S/c1-16-8-10-2-5-14(6-3-10)12(15)11-9-17-7-4-13-11/h10-11,13H,2-9H2,1H3. The van der Waals surface area contributed by atoms with E-state index in [9.17, 15) is 4.79 Å². The summed E-state index contributed by atoms with van der Waals surface area (Å²) in [5.74, 6) is 2.99. The zero-order valence-electron chi connectivity index (χ0n) is 10.5. The number of methoxy groups -OCH3 is 1. The van der Waals surface area contributed by atoms with Crippen molar-refractivity contribution in [3.8, 4) is 0 Å². The van der Waals surface area contributed by atoms with Crippen LogP contribution in [0.2, 0.25) is 0 Å². The molecule has 2 aliphatic heterocycles. The lowest BCUT2D eigenvalue weighted by atomic mass is 9.97. The molecule has 0 spiro atoms. The minimum Gasteiger partial charge on any atom is -0.384 e. The lowest BCUT2D eigenvalue weighted by Gasteiger charge is -2.35. The predicted octanol–water partition coefficient (Wildman–Crippen LogP) is 0.576. The maximum Gasteiger partial charge on any atom is 0.240 e. The summed E-state index contributed by atoms with van der Waals surface area (Å²) in [6.45, 7) is 3.59. The second kappa shape index (κ2) is 6.61. The number of thioether (sulfide) groups is 1. The molecule has 0 bridgehead atoms. The molecule has 2 saturated heterocycles. The minimum atomic E-state index is 0.0488. The molecular weight excluding hydrogens is 236 g/mol. The molecule has 0 saturated carbocycles. The van der Waals surface area contributed by atoms with Crippen LogP contribution in [0.4, 0.5) is 0 Å². The molecule has 0 aromatic heterocycles. The summed E-state index contributed by atoms with van der Waals surface area (Å²) in [6, 6.07) is 0.0488. The number of nitrogens with one attached hydrogen (secondary N) is 1. The quantitative estimate of drug-likeness (QED) is 0.804. The van der Waals surface area contributed by atoms with Crippen LogP contribution in [0, 0.1) is 5.92 Å². The highest BCUT2D eigenvalue weighted by molar-refractivity contribution is 7.99. The van der Waals surface area contributed by atoms with Crippen LogP contribution in [0.3, 0.4) is 0 Å². The summed E-state index contributed by atoms with van der Waals surface area (Å²) in [7, 11) is 1.75. The van der Waals surface area contributed by atoms with Gasteiger partial charge in [-0.25, -0.2) is 0 Å². The molecule has 98 valence electrons. The van der Waals surface area contributed by atoms with E-state index < -0.39 is 0 Å². The fourth-order valence-electron chi connectivity index (χ4n) is 2.50. The normalized spacial score (nSPS) is 27.1. The van der Waals surface area contributed by atoms with Gasteiger partial charge in [0, 0.05) is 44.9 Å². The molecule has 2 fully saturated rings. The maximum atomic E-state index is 12.2. The Labute approximate surface area is 107 Å². The van der Waals surface area contributed by atoms with Crippen molar-refractivity contribution < 1.29 is 9.53 Å². The fraction of sp³-hybridized carbons (Fsp3) is 0.917. The van der Waals surface area contributed by atoms with E-state index in [4.69, 9.17) is 4.74 Å². The van der Waals surface area contributed by atoms with Crippen molar-refractivity contribution in [2.75, 3.05) is 44.9 Å². The van der Waals surface area contributed by atoms with E-state index >= 15 is 0 Å². The molecule has 0 aromatic rings. The van der Waals surface area contributed by atoms with E-state index in [0.717, 1.165) is 50.6 Å². The second-order valence-corrected chi connectivity index (χ2v) is 5.96. The van der Waals surface area contributed by atoms with Gasteiger partial charge in [-0.1, -0.05) is 0 Å². The van der Waals surface area contributed by atoms with Crippen molar-refractivity contribution in [1.29, 1.82) is 0 Å². The molecular formula is C12H22N2O2S. The Morgan fingerprint density at radius 3 is 2.82 bits per heavy atom. The highest BCUT2D eigenvalue weighted by atomic mass is 32.2. The average Bonchev–Trinajstić information content (AvgIpc) is 2.40.